The molecular weight excluding hydrogens is 449 g/mol. The maximum absolute atomic E-state index is 14.9. The van der Waals surface area contributed by atoms with Crippen molar-refractivity contribution < 1.29 is 14.2 Å². The van der Waals surface area contributed by atoms with Gasteiger partial charge in [-0.2, -0.15) is 0 Å². The van der Waals surface area contributed by atoms with Crippen LogP contribution in [0, 0.1) is 5.82 Å². The van der Waals surface area contributed by atoms with Crippen molar-refractivity contribution in [2.75, 3.05) is 18.5 Å². The maximum atomic E-state index is 14.9. The molecule has 0 spiro atoms. The Bertz CT molecular complexity index is 1270. The average Bonchev–Trinajstić information content (AvgIpc) is 2.80. The highest BCUT2D eigenvalue weighted by Gasteiger charge is 2.25. The summed E-state index contributed by atoms with van der Waals surface area (Å²) in [6, 6.07) is 7.35. The van der Waals surface area contributed by atoms with E-state index in [-0.39, 0.29) is 35.8 Å². The van der Waals surface area contributed by atoms with E-state index >= 15 is 0 Å². The molecule has 186 valence electrons. The number of aliphatic hydroxyl groups excluding tert-OH is 1. The molecule has 2 fully saturated rings. The van der Waals surface area contributed by atoms with E-state index in [4.69, 9.17) is 4.74 Å². The van der Waals surface area contributed by atoms with Crippen molar-refractivity contribution in [3.63, 3.8) is 0 Å². The van der Waals surface area contributed by atoms with Gasteiger partial charge in [0.25, 0.3) is 0 Å². The quantitative estimate of drug-likeness (QED) is 0.476. The minimum Gasteiger partial charge on any atom is -0.389 e. The molecule has 1 aromatic carbocycles. The number of halogens is 1. The lowest BCUT2D eigenvalue weighted by atomic mass is 9.93. The number of hydrogen-bond donors (Lipinski definition) is 3. The van der Waals surface area contributed by atoms with Crippen LogP contribution >= 0.6 is 0 Å². The lowest BCUT2D eigenvalue weighted by molar-refractivity contribution is -0.0136. The molecule has 9 heteroatoms. The third-order valence-electron chi connectivity index (χ3n) is 6.98. The normalized spacial score (nSPS) is 20.8. The molecule has 3 aromatic rings. The molecule has 0 amide bonds. The molecule has 1 aliphatic carbocycles. The summed E-state index contributed by atoms with van der Waals surface area (Å²) < 4.78 is 22.3. The highest BCUT2D eigenvalue weighted by molar-refractivity contribution is 5.84. The molecule has 35 heavy (non-hydrogen) atoms. The van der Waals surface area contributed by atoms with Crippen LogP contribution in [0.15, 0.2) is 35.3 Å². The summed E-state index contributed by atoms with van der Waals surface area (Å²) in [5.74, 6) is -0.309. The Morgan fingerprint density at radius 3 is 2.80 bits per heavy atom. The van der Waals surface area contributed by atoms with Crippen LogP contribution in [0.25, 0.3) is 22.2 Å². The number of anilines is 1. The second-order valence-corrected chi connectivity index (χ2v) is 9.78. The molecule has 3 N–H and O–H groups in total. The number of fused-ring (bicyclic) bond motifs is 1. The van der Waals surface area contributed by atoms with Gasteiger partial charge in [0.1, 0.15) is 5.69 Å². The van der Waals surface area contributed by atoms with Crippen LogP contribution in [-0.4, -0.2) is 51.0 Å². The summed E-state index contributed by atoms with van der Waals surface area (Å²) in [6.07, 6.45) is 4.62. The first-order valence-corrected chi connectivity index (χ1v) is 12.4. The number of rotatable bonds is 7. The van der Waals surface area contributed by atoms with Gasteiger partial charge in [0.15, 0.2) is 11.2 Å². The van der Waals surface area contributed by atoms with Gasteiger partial charge in [-0.25, -0.2) is 14.4 Å². The Balaban J connectivity index is 1.52. The molecule has 2 aliphatic rings. The van der Waals surface area contributed by atoms with Gasteiger partial charge in [0, 0.05) is 47.9 Å². The summed E-state index contributed by atoms with van der Waals surface area (Å²) >= 11 is 0. The molecule has 2 aromatic heterocycles. The number of aliphatic hydroxyl groups is 1. The van der Waals surface area contributed by atoms with Gasteiger partial charge < -0.3 is 25.0 Å². The van der Waals surface area contributed by atoms with Crippen molar-refractivity contribution in [2.45, 2.75) is 70.3 Å². The lowest BCUT2D eigenvalue weighted by Crippen LogP contribution is -2.42. The van der Waals surface area contributed by atoms with Crippen molar-refractivity contribution >= 4 is 16.9 Å². The standard InChI is InChI=1S/C26H32FN5O3/c1-15(2)32-18(12-28-17-4-3-5-17)11-23(33)19-7-6-16(10-22(19)32)25-20(27)13-29-26(31-25)30-21-8-9-35-14-24(21)34/h6-7,10-11,13,15,17,21,24,28,34H,3-5,8-9,12,14H2,1-2H3,(H,29,30,31)/t21-,24-/m1/s1. The molecular formula is C26H32FN5O3. The molecule has 3 heterocycles. The van der Waals surface area contributed by atoms with Gasteiger partial charge in [0.2, 0.25) is 5.95 Å². The summed E-state index contributed by atoms with van der Waals surface area (Å²) in [5, 5.41) is 17.4. The Hall–Kier alpha value is -2.88. The van der Waals surface area contributed by atoms with Crippen LogP contribution in [0.2, 0.25) is 0 Å². The van der Waals surface area contributed by atoms with Gasteiger partial charge >= 0.3 is 0 Å². The molecule has 5 rings (SSSR count). The van der Waals surface area contributed by atoms with E-state index < -0.39 is 11.9 Å². The summed E-state index contributed by atoms with van der Waals surface area (Å²) in [5.41, 5.74) is 2.33. The Labute approximate surface area is 203 Å². The van der Waals surface area contributed by atoms with Crippen molar-refractivity contribution in [3.05, 3.63) is 52.2 Å². The number of aromatic nitrogens is 3. The Morgan fingerprint density at radius 2 is 2.09 bits per heavy atom. The third-order valence-corrected chi connectivity index (χ3v) is 6.98. The fourth-order valence-corrected chi connectivity index (χ4v) is 4.84. The van der Waals surface area contributed by atoms with Gasteiger partial charge in [-0.05, 0) is 45.2 Å². The first-order valence-electron chi connectivity index (χ1n) is 12.4. The van der Waals surface area contributed by atoms with Gasteiger partial charge in [0.05, 0.1) is 30.5 Å². The zero-order valence-electron chi connectivity index (χ0n) is 20.1. The lowest BCUT2D eigenvalue weighted by Gasteiger charge is -2.28. The van der Waals surface area contributed by atoms with Gasteiger partial charge in [-0.1, -0.05) is 12.5 Å². The van der Waals surface area contributed by atoms with Crippen molar-refractivity contribution in [2.24, 2.45) is 0 Å². The Kier molecular flexibility index (Phi) is 6.82. The SMILES string of the molecule is CC(C)n1c(CNC2CCC2)cc(=O)c2ccc(-c3nc(N[C@@H]4CCOC[C@H]4O)ncc3F)cc21. The van der Waals surface area contributed by atoms with Gasteiger partial charge in [-0.15, -0.1) is 0 Å². The monoisotopic (exact) mass is 481 g/mol. The van der Waals surface area contributed by atoms with Crippen molar-refractivity contribution in [1.82, 2.24) is 19.9 Å². The smallest absolute Gasteiger partial charge is 0.223 e. The predicted octanol–water partition coefficient (Wildman–Crippen LogP) is 3.38. The number of nitrogens with zero attached hydrogens (tertiary/aromatic N) is 3. The molecule has 1 aliphatic heterocycles. The average molecular weight is 482 g/mol. The number of ether oxygens (including phenoxy) is 1. The van der Waals surface area contributed by atoms with E-state index in [1.165, 1.54) is 6.42 Å². The van der Waals surface area contributed by atoms with Crippen LogP contribution in [0.5, 0.6) is 0 Å². The number of pyridine rings is 1. The fourth-order valence-electron chi connectivity index (χ4n) is 4.84. The van der Waals surface area contributed by atoms with Crippen LogP contribution in [0.1, 0.15) is 51.3 Å². The topological polar surface area (TPSA) is 101 Å². The van der Waals surface area contributed by atoms with E-state index in [0.29, 0.717) is 36.6 Å². The van der Waals surface area contributed by atoms with Crippen LogP contribution in [-0.2, 0) is 11.3 Å². The van der Waals surface area contributed by atoms with Crippen LogP contribution in [0.4, 0.5) is 10.3 Å². The highest BCUT2D eigenvalue weighted by Crippen LogP contribution is 2.28. The summed E-state index contributed by atoms with van der Waals surface area (Å²) in [4.78, 5) is 21.4. The van der Waals surface area contributed by atoms with E-state index in [1.54, 1.807) is 18.2 Å². The van der Waals surface area contributed by atoms with Crippen LogP contribution < -0.4 is 16.1 Å². The van der Waals surface area contributed by atoms with Crippen molar-refractivity contribution in [1.29, 1.82) is 0 Å². The molecule has 8 nitrogen and oxygen atoms in total. The molecule has 0 radical (unpaired) electrons. The van der Waals surface area contributed by atoms with Gasteiger partial charge in [-0.3, -0.25) is 4.79 Å². The number of hydrogen-bond acceptors (Lipinski definition) is 7. The summed E-state index contributed by atoms with van der Waals surface area (Å²) in [6.45, 7) is 5.53. The molecule has 0 unspecified atom stereocenters. The van der Waals surface area contributed by atoms with Crippen molar-refractivity contribution in [3.8, 4) is 11.3 Å². The van der Waals surface area contributed by atoms with E-state index in [2.05, 4.69) is 39.0 Å². The third kappa shape index (κ3) is 4.94. The fraction of sp³-hybridized carbons (Fsp3) is 0.500. The first kappa shape index (κ1) is 23.8. The summed E-state index contributed by atoms with van der Waals surface area (Å²) in [7, 11) is 0. The largest absolute Gasteiger partial charge is 0.389 e. The van der Waals surface area contributed by atoms with E-state index in [1.807, 2.05) is 6.07 Å². The minimum atomic E-state index is -0.686. The number of benzene rings is 1. The second kappa shape index (κ2) is 10.0. The Morgan fingerprint density at radius 1 is 1.26 bits per heavy atom. The van der Waals surface area contributed by atoms with E-state index in [9.17, 15) is 14.3 Å². The van der Waals surface area contributed by atoms with E-state index in [0.717, 1.165) is 30.2 Å². The predicted molar refractivity (Wildman–Crippen MR) is 133 cm³/mol. The molecule has 1 saturated carbocycles. The number of nitrogens with one attached hydrogen (secondary N) is 2. The molecule has 1 saturated heterocycles. The maximum Gasteiger partial charge on any atom is 0.223 e. The second-order valence-electron chi connectivity index (χ2n) is 9.78. The minimum absolute atomic E-state index is 0.0483. The first-order chi connectivity index (χ1) is 16.9. The molecule has 0 bridgehead atoms. The zero-order chi connectivity index (χ0) is 24.5. The van der Waals surface area contributed by atoms with Crippen LogP contribution in [0.3, 0.4) is 0 Å². The highest BCUT2D eigenvalue weighted by atomic mass is 19.1. The zero-order valence-corrected chi connectivity index (χ0v) is 20.1. The molecule has 2 atom stereocenters.